The zero-order valence-electron chi connectivity index (χ0n) is 26.7. The van der Waals surface area contributed by atoms with Crippen molar-refractivity contribution < 1.29 is 0 Å². The number of rotatable bonds is 4. The standard InChI is InChI=1S/C45H25N5/c46-26-29-17-21-44-40(22-29)37-12-3-4-13-41(37)49(44)34-9-7-8-31(24-34)32-18-19-33(28-48)39(25-32)36-11-2-6-15-43(36)50-42-14-5-1-10-35(42)38-20-16-30(27-47)23-45(38)50/h1-25H. The maximum Gasteiger partial charge on any atom is 0.0998 e. The molecule has 7 aromatic carbocycles. The lowest BCUT2D eigenvalue weighted by molar-refractivity contribution is 1.18. The Balaban J connectivity index is 1.24. The molecule has 50 heavy (non-hydrogen) atoms. The van der Waals surface area contributed by atoms with E-state index in [-0.39, 0.29) is 0 Å². The number of para-hydroxylation sites is 3. The summed E-state index contributed by atoms with van der Waals surface area (Å²) >= 11 is 0. The first kappa shape index (κ1) is 28.8. The number of nitrogens with zero attached hydrogens (tertiary/aromatic N) is 5. The molecule has 0 radical (unpaired) electrons. The van der Waals surface area contributed by atoms with Crippen molar-refractivity contribution in [2.75, 3.05) is 0 Å². The van der Waals surface area contributed by atoms with Gasteiger partial charge in [0.15, 0.2) is 0 Å². The van der Waals surface area contributed by atoms with Gasteiger partial charge in [-0.1, -0.05) is 78.9 Å². The van der Waals surface area contributed by atoms with E-state index in [4.69, 9.17) is 0 Å². The fourth-order valence-corrected chi connectivity index (χ4v) is 7.39. The highest BCUT2D eigenvalue weighted by Crippen LogP contribution is 2.39. The predicted octanol–water partition coefficient (Wildman–Crippen LogP) is 10.8. The molecule has 2 heterocycles. The molecule has 5 nitrogen and oxygen atoms in total. The monoisotopic (exact) mass is 635 g/mol. The Morgan fingerprint density at radius 2 is 1.02 bits per heavy atom. The molecule has 9 rings (SSSR count). The Hall–Kier alpha value is -7.39. The summed E-state index contributed by atoms with van der Waals surface area (Å²) in [5.74, 6) is 0. The summed E-state index contributed by atoms with van der Waals surface area (Å²) in [5, 5.41) is 34.0. The van der Waals surface area contributed by atoms with Crippen LogP contribution in [0.15, 0.2) is 152 Å². The first-order valence-electron chi connectivity index (χ1n) is 16.3. The lowest BCUT2D eigenvalue weighted by Gasteiger charge is -2.16. The Morgan fingerprint density at radius 3 is 1.82 bits per heavy atom. The molecule has 0 aliphatic rings. The lowest BCUT2D eigenvalue weighted by Crippen LogP contribution is -1.99. The van der Waals surface area contributed by atoms with Gasteiger partial charge in [0, 0.05) is 38.4 Å². The fourth-order valence-electron chi connectivity index (χ4n) is 7.39. The van der Waals surface area contributed by atoms with E-state index in [2.05, 4.69) is 94.1 Å². The molecule has 5 heteroatoms. The highest BCUT2D eigenvalue weighted by Gasteiger charge is 2.19. The van der Waals surface area contributed by atoms with Crippen LogP contribution < -0.4 is 0 Å². The van der Waals surface area contributed by atoms with Gasteiger partial charge in [-0.05, 0) is 83.9 Å². The second-order valence-corrected chi connectivity index (χ2v) is 12.3. The molecule has 9 aromatic rings. The van der Waals surface area contributed by atoms with Gasteiger partial charge < -0.3 is 9.13 Å². The number of benzene rings is 7. The molecule has 0 atom stereocenters. The van der Waals surface area contributed by atoms with E-state index < -0.39 is 0 Å². The molecule has 230 valence electrons. The van der Waals surface area contributed by atoms with Gasteiger partial charge in [-0.2, -0.15) is 15.8 Å². The van der Waals surface area contributed by atoms with E-state index in [0.29, 0.717) is 16.7 Å². The summed E-state index contributed by atoms with van der Waals surface area (Å²) in [6, 6.07) is 57.8. The van der Waals surface area contributed by atoms with Crippen LogP contribution in [-0.4, -0.2) is 9.13 Å². The normalized spacial score (nSPS) is 11.1. The maximum absolute atomic E-state index is 10.4. The molecule has 2 aromatic heterocycles. The smallest absolute Gasteiger partial charge is 0.0998 e. The second kappa shape index (κ2) is 11.4. The van der Waals surface area contributed by atoms with Crippen LogP contribution in [0.1, 0.15) is 16.7 Å². The quantitative estimate of drug-likeness (QED) is 0.193. The first-order valence-corrected chi connectivity index (χ1v) is 16.3. The summed E-state index contributed by atoms with van der Waals surface area (Å²) in [4.78, 5) is 0. The first-order chi connectivity index (χ1) is 24.7. The van der Waals surface area contributed by atoms with Crippen molar-refractivity contribution in [3.63, 3.8) is 0 Å². The molecular weight excluding hydrogens is 611 g/mol. The minimum atomic E-state index is 0.575. The third-order valence-corrected chi connectivity index (χ3v) is 9.62. The molecule has 0 fully saturated rings. The van der Waals surface area contributed by atoms with Crippen LogP contribution >= 0.6 is 0 Å². The second-order valence-electron chi connectivity index (χ2n) is 12.3. The van der Waals surface area contributed by atoms with Gasteiger partial charge >= 0.3 is 0 Å². The zero-order chi connectivity index (χ0) is 33.8. The van der Waals surface area contributed by atoms with E-state index in [1.807, 2.05) is 84.9 Å². The largest absolute Gasteiger partial charge is 0.309 e. The molecule has 0 aliphatic carbocycles. The van der Waals surface area contributed by atoms with Crippen molar-refractivity contribution in [3.8, 4) is 51.8 Å². The van der Waals surface area contributed by atoms with Crippen LogP contribution in [0.3, 0.4) is 0 Å². The third-order valence-electron chi connectivity index (χ3n) is 9.62. The summed E-state index contributed by atoms with van der Waals surface area (Å²) in [6.45, 7) is 0. The average molecular weight is 636 g/mol. The van der Waals surface area contributed by atoms with E-state index >= 15 is 0 Å². The highest BCUT2D eigenvalue weighted by atomic mass is 15.0. The molecule has 0 unspecified atom stereocenters. The molecule has 0 N–H and O–H groups in total. The Morgan fingerprint density at radius 1 is 0.380 bits per heavy atom. The Labute approximate surface area is 287 Å². The number of hydrogen-bond acceptors (Lipinski definition) is 3. The van der Waals surface area contributed by atoms with Crippen LogP contribution in [0.2, 0.25) is 0 Å². The molecule has 0 amide bonds. The molecule has 0 saturated carbocycles. The number of fused-ring (bicyclic) bond motifs is 6. The third kappa shape index (κ3) is 4.38. The topological polar surface area (TPSA) is 81.2 Å². The van der Waals surface area contributed by atoms with Gasteiger partial charge in [-0.15, -0.1) is 0 Å². The maximum atomic E-state index is 10.4. The van der Waals surface area contributed by atoms with Crippen molar-refractivity contribution >= 4 is 43.6 Å². The predicted molar refractivity (Wildman–Crippen MR) is 200 cm³/mol. The minimum Gasteiger partial charge on any atom is -0.309 e. The van der Waals surface area contributed by atoms with Crippen molar-refractivity contribution in [2.24, 2.45) is 0 Å². The Bertz CT molecular complexity index is 2970. The molecule has 0 spiro atoms. The number of nitriles is 3. The van der Waals surface area contributed by atoms with Crippen LogP contribution in [0.25, 0.3) is 77.2 Å². The number of hydrogen-bond donors (Lipinski definition) is 0. The van der Waals surface area contributed by atoms with E-state index in [9.17, 15) is 15.8 Å². The zero-order valence-corrected chi connectivity index (χ0v) is 26.7. The minimum absolute atomic E-state index is 0.575. The molecule has 0 saturated heterocycles. The van der Waals surface area contributed by atoms with Gasteiger partial charge in [-0.3, -0.25) is 0 Å². The summed E-state index contributed by atoms with van der Waals surface area (Å²) in [5.41, 5.74) is 11.5. The fraction of sp³-hybridized carbons (Fsp3) is 0. The Kier molecular flexibility index (Phi) is 6.56. The van der Waals surface area contributed by atoms with Crippen molar-refractivity contribution in [1.82, 2.24) is 9.13 Å². The van der Waals surface area contributed by atoms with E-state index in [0.717, 1.165) is 77.2 Å². The van der Waals surface area contributed by atoms with Crippen LogP contribution in [-0.2, 0) is 0 Å². The van der Waals surface area contributed by atoms with Gasteiger partial charge in [-0.25, -0.2) is 0 Å². The van der Waals surface area contributed by atoms with E-state index in [1.165, 1.54) is 0 Å². The molecular formula is C45H25N5. The van der Waals surface area contributed by atoms with Gasteiger partial charge in [0.05, 0.1) is 62.7 Å². The van der Waals surface area contributed by atoms with E-state index in [1.54, 1.807) is 0 Å². The van der Waals surface area contributed by atoms with Crippen molar-refractivity contribution in [3.05, 3.63) is 168 Å². The van der Waals surface area contributed by atoms with Crippen LogP contribution in [0, 0.1) is 34.0 Å². The highest BCUT2D eigenvalue weighted by molar-refractivity contribution is 6.11. The van der Waals surface area contributed by atoms with Crippen LogP contribution in [0.5, 0.6) is 0 Å². The molecule has 0 aliphatic heterocycles. The SMILES string of the molecule is N#Cc1ccc2c(c1)c1ccccc1n2-c1cccc(-c2ccc(C#N)c(-c3ccccc3-n3c4ccccc4c4ccc(C#N)cc43)c2)c1. The molecule has 0 bridgehead atoms. The van der Waals surface area contributed by atoms with Crippen molar-refractivity contribution in [2.45, 2.75) is 0 Å². The summed E-state index contributed by atoms with van der Waals surface area (Å²) in [7, 11) is 0. The van der Waals surface area contributed by atoms with Gasteiger partial charge in [0.25, 0.3) is 0 Å². The summed E-state index contributed by atoms with van der Waals surface area (Å²) in [6.07, 6.45) is 0. The lowest BCUT2D eigenvalue weighted by atomic mass is 9.93. The van der Waals surface area contributed by atoms with Gasteiger partial charge in [0.1, 0.15) is 0 Å². The summed E-state index contributed by atoms with van der Waals surface area (Å²) < 4.78 is 4.45. The number of aromatic nitrogens is 2. The average Bonchev–Trinajstić information content (AvgIpc) is 3.69. The van der Waals surface area contributed by atoms with Crippen LogP contribution in [0.4, 0.5) is 0 Å². The van der Waals surface area contributed by atoms with Gasteiger partial charge in [0.2, 0.25) is 0 Å². The van der Waals surface area contributed by atoms with Crippen molar-refractivity contribution in [1.29, 1.82) is 15.8 Å².